The molecule has 4 atom stereocenters. The molecule has 0 aromatic rings. The summed E-state index contributed by atoms with van der Waals surface area (Å²) in [6, 6.07) is -5.38. The van der Waals surface area contributed by atoms with Crippen molar-refractivity contribution in [2.24, 2.45) is 17.4 Å². The Morgan fingerprint density at radius 3 is 1.77 bits per heavy atom. The lowest BCUT2D eigenvalue weighted by atomic mass is 10.0. The van der Waals surface area contributed by atoms with Crippen LogP contribution in [0.25, 0.3) is 0 Å². The zero-order valence-corrected chi connectivity index (χ0v) is 18.1. The van der Waals surface area contributed by atoms with Crippen molar-refractivity contribution in [1.29, 1.82) is 0 Å². The van der Waals surface area contributed by atoms with Crippen molar-refractivity contribution in [3.8, 4) is 0 Å². The third-order valence-corrected chi connectivity index (χ3v) is 4.51. The van der Waals surface area contributed by atoms with Crippen LogP contribution >= 0.6 is 12.6 Å². The Kier molecular flexibility index (Phi) is 12.2. The van der Waals surface area contributed by atoms with Gasteiger partial charge in [0.15, 0.2) is 0 Å². The van der Waals surface area contributed by atoms with Crippen LogP contribution in [0.1, 0.15) is 33.1 Å². The number of aliphatic carboxylic acids is 2. The van der Waals surface area contributed by atoms with Crippen molar-refractivity contribution in [3.63, 3.8) is 0 Å². The molecule has 13 nitrogen and oxygen atoms in total. The fourth-order valence-corrected chi connectivity index (χ4v) is 2.49. The molecule has 0 saturated heterocycles. The average Bonchev–Trinajstić information content (AvgIpc) is 2.66. The number of thiol groups is 1. The molecule has 0 rings (SSSR count). The number of hydrogen-bond donors (Lipinski definition) is 8. The Morgan fingerprint density at radius 1 is 0.871 bits per heavy atom. The van der Waals surface area contributed by atoms with Crippen molar-refractivity contribution < 1.29 is 39.0 Å². The Balaban J connectivity index is 5.51. The van der Waals surface area contributed by atoms with E-state index < -0.39 is 66.2 Å². The standard InChI is InChI=1S/C17H29N5O8S/c1-7(2)13(19)16(28)21-9(5-12(24)25)15(27)20-8(3-4-11(18)23)14(26)22-10(6-31)17(29)30/h7-10,13,31H,3-6,19H2,1-2H3,(H2,18,23)(H,20,27)(H,21,28)(H,22,26)(H,24,25)(H,29,30). The first kappa shape index (κ1) is 28.1. The van der Waals surface area contributed by atoms with E-state index in [1.54, 1.807) is 13.8 Å². The molecule has 0 radical (unpaired) electrons. The van der Waals surface area contributed by atoms with Crippen LogP contribution in [0.15, 0.2) is 0 Å². The molecule has 176 valence electrons. The molecule has 0 aliphatic heterocycles. The minimum Gasteiger partial charge on any atom is -0.481 e. The van der Waals surface area contributed by atoms with Crippen LogP contribution in [0.2, 0.25) is 0 Å². The zero-order valence-electron chi connectivity index (χ0n) is 17.2. The lowest BCUT2D eigenvalue weighted by molar-refractivity contribution is -0.143. The fraction of sp³-hybridized carbons (Fsp3) is 0.647. The molecular weight excluding hydrogens is 434 g/mol. The molecule has 31 heavy (non-hydrogen) atoms. The summed E-state index contributed by atoms with van der Waals surface area (Å²) in [7, 11) is 0. The second kappa shape index (κ2) is 13.4. The molecular formula is C17H29N5O8S. The second-order valence-corrected chi connectivity index (χ2v) is 7.44. The van der Waals surface area contributed by atoms with Gasteiger partial charge in [-0.1, -0.05) is 13.8 Å². The van der Waals surface area contributed by atoms with E-state index in [1.165, 1.54) is 0 Å². The molecule has 0 aromatic heterocycles. The molecule has 9 N–H and O–H groups in total. The van der Waals surface area contributed by atoms with E-state index in [0.717, 1.165) is 0 Å². The van der Waals surface area contributed by atoms with Crippen molar-refractivity contribution in [3.05, 3.63) is 0 Å². The number of carboxylic acid groups (broad SMARTS) is 2. The third-order valence-electron chi connectivity index (χ3n) is 4.14. The SMILES string of the molecule is CC(C)C(N)C(=O)NC(CC(=O)O)C(=O)NC(CCC(N)=O)C(=O)NC(CS)C(=O)O. The first-order chi connectivity index (χ1) is 14.3. The Bertz CT molecular complexity index is 702. The summed E-state index contributed by atoms with van der Waals surface area (Å²) in [6.45, 7) is 3.31. The molecule has 0 aliphatic rings. The highest BCUT2D eigenvalue weighted by Crippen LogP contribution is 2.04. The number of hydrogen-bond acceptors (Lipinski definition) is 8. The zero-order chi connectivity index (χ0) is 24.3. The van der Waals surface area contributed by atoms with E-state index in [9.17, 15) is 28.8 Å². The molecule has 0 bridgehead atoms. The maximum absolute atomic E-state index is 12.6. The minimum absolute atomic E-state index is 0.248. The second-order valence-electron chi connectivity index (χ2n) is 7.08. The Hall–Kier alpha value is -2.87. The predicted octanol–water partition coefficient (Wildman–Crippen LogP) is -2.82. The number of rotatable bonds is 14. The normalized spacial score (nSPS) is 14.6. The largest absolute Gasteiger partial charge is 0.481 e. The fourth-order valence-electron chi connectivity index (χ4n) is 2.24. The summed E-state index contributed by atoms with van der Waals surface area (Å²) in [5.41, 5.74) is 10.8. The number of carbonyl (C=O) groups is 6. The smallest absolute Gasteiger partial charge is 0.327 e. The molecule has 0 saturated carbocycles. The van der Waals surface area contributed by atoms with Gasteiger partial charge in [-0.05, 0) is 12.3 Å². The van der Waals surface area contributed by atoms with Crippen molar-refractivity contribution in [1.82, 2.24) is 16.0 Å². The Labute approximate surface area is 184 Å². The van der Waals surface area contributed by atoms with E-state index in [0.29, 0.717) is 0 Å². The summed E-state index contributed by atoms with van der Waals surface area (Å²) in [5, 5.41) is 24.7. The number of amides is 4. The van der Waals surface area contributed by atoms with Crippen LogP contribution in [0.5, 0.6) is 0 Å². The molecule has 0 aromatic carbocycles. The van der Waals surface area contributed by atoms with E-state index in [-0.39, 0.29) is 24.5 Å². The van der Waals surface area contributed by atoms with Gasteiger partial charge in [0.25, 0.3) is 0 Å². The monoisotopic (exact) mass is 463 g/mol. The van der Waals surface area contributed by atoms with Crippen LogP contribution in [0.3, 0.4) is 0 Å². The van der Waals surface area contributed by atoms with Gasteiger partial charge in [-0.2, -0.15) is 12.6 Å². The molecule has 0 heterocycles. The summed E-state index contributed by atoms with van der Waals surface area (Å²) >= 11 is 3.81. The highest BCUT2D eigenvalue weighted by molar-refractivity contribution is 7.80. The maximum atomic E-state index is 12.6. The summed E-state index contributed by atoms with van der Waals surface area (Å²) < 4.78 is 0. The molecule has 4 amide bonds. The van der Waals surface area contributed by atoms with Gasteiger partial charge in [-0.25, -0.2) is 4.79 Å². The highest BCUT2D eigenvalue weighted by atomic mass is 32.1. The minimum atomic E-state index is -1.57. The first-order valence-corrected chi connectivity index (χ1v) is 9.93. The number of nitrogens with one attached hydrogen (secondary N) is 3. The molecule has 14 heteroatoms. The predicted molar refractivity (Wildman–Crippen MR) is 111 cm³/mol. The van der Waals surface area contributed by atoms with Gasteiger partial charge in [-0.15, -0.1) is 0 Å². The van der Waals surface area contributed by atoms with Crippen molar-refractivity contribution in [2.45, 2.75) is 57.3 Å². The van der Waals surface area contributed by atoms with Crippen molar-refractivity contribution in [2.75, 3.05) is 5.75 Å². The lowest BCUT2D eigenvalue weighted by Gasteiger charge is -2.24. The summed E-state index contributed by atoms with van der Waals surface area (Å²) in [4.78, 5) is 70.5. The number of primary amides is 1. The summed E-state index contributed by atoms with van der Waals surface area (Å²) in [5.74, 6) is -6.85. The van der Waals surface area contributed by atoms with E-state index >= 15 is 0 Å². The number of carbonyl (C=O) groups excluding carboxylic acids is 4. The molecule has 0 spiro atoms. The lowest BCUT2D eigenvalue weighted by Crippen LogP contribution is -2.58. The molecule has 4 unspecified atom stereocenters. The van der Waals surface area contributed by atoms with Gasteiger partial charge in [0.1, 0.15) is 18.1 Å². The van der Waals surface area contributed by atoms with E-state index in [1.807, 2.05) is 0 Å². The van der Waals surface area contributed by atoms with Crippen LogP contribution in [-0.2, 0) is 28.8 Å². The quantitative estimate of drug-likeness (QED) is 0.124. The van der Waals surface area contributed by atoms with Gasteiger partial charge in [0.2, 0.25) is 23.6 Å². The van der Waals surface area contributed by atoms with Crippen molar-refractivity contribution >= 4 is 48.2 Å². The van der Waals surface area contributed by atoms with Gasteiger partial charge >= 0.3 is 11.9 Å². The first-order valence-electron chi connectivity index (χ1n) is 9.30. The number of carboxylic acids is 2. The van der Waals surface area contributed by atoms with Gasteiger partial charge in [-0.3, -0.25) is 24.0 Å². The van der Waals surface area contributed by atoms with Gasteiger partial charge in [0.05, 0.1) is 12.5 Å². The van der Waals surface area contributed by atoms with E-state index in [2.05, 4.69) is 28.6 Å². The summed E-state index contributed by atoms with van der Waals surface area (Å²) in [6.07, 6.45) is -1.42. The van der Waals surface area contributed by atoms with Crippen LogP contribution in [-0.4, -0.2) is 75.7 Å². The number of nitrogens with two attached hydrogens (primary N) is 2. The van der Waals surface area contributed by atoms with Crippen LogP contribution < -0.4 is 27.4 Å². The van der Waals surface area contributed by atoms with E-state index in [4.69, 9.17) is 21.7 Å². The highest BCUT2D eigenvalue weighted by Gasteiger charge is 2.31. The Morgan fingerprint density at radius 2 is 1.35 bits per heavy atom. The van der Waals surface area contributed by atoms with Gasteiger partial charge < -0.3 is 37.6 Å². The third kappa shape index (κ3) is 10.6. The molecule has 0 aliphatic carbocycles. The van der Waals surface area contributed by atoms with Crippen LogP contribution in [0.4, 0.5) is 0 Å². The van der Waals surface area contributed by atoms with Gasteiger partial charge in [0, 0.05) is 12.2 Å². The maximum Gasteiger partial charge on any atom is 0.327 e. The topological polar surface area (TPSA) is 231 Å². The average molecular weight is 464 g/mol. The van der Waals surface area contributed by atoms with Crippen LogP contribution in [0, 0.1) is 5.92 Å². The molecule has 0 fully saturated rings.